The van der Waals surface area contributed by atoms with E-state index in [1.165, 1.54) is 18.2 Å². The summed E-state index contributed by atoms with van der Waals surface area (Å²) in [6.45, 7) is 6.21. The Morgan fingerprint density at radius 1 is 0.920 bits per heavy atom. The van der Waals surface area contributed by atoms with Crippen LogP contribution in [0.5, 0.6) is 0 Å². The summed E-state index contributed by atoms with van der Waals surface area (Å²) in [5.74, 6) is -1.11. The first-order valence-corrected chi connectivity index (χ1v) is 7.64. The van der Waals surface area contributed by atoms with Crippen LogP contribution in [0, 0.1) is 10.1 Å². The van der Waals surface area contributed by atoms with Gasteiger partial charge in [-0.2, -0.15) is 0 Å². The summed E-state index contributed by atoms with van der Waals surface area (Å²) < 4.78 is 0. The zero-order chi connectivity index (χ0) is 18.6. The molecule has 0 atom stereocenters. The molecule has 0 bridgehead atoms. The highest BCUT2D eigenvalue weighted by Gasteiger charge is 2.15. The monoisotopic (exact) mass is 341 g/mol. The lowest BCUT2D eigenvalue weighted by Crippen LogP contribution is -2.41. The first-order valence-electron chi connectivity index (χ1n) is 7.64. The summed E-state index contributed by atoms with van der Waals surface area (Å²) in [7, 11) is 0. The van der Waals surface area contributed by atoms with Crippen LogP contribution < -0.4 is 10.9 Å². The van der Waals surface area contributed by atoms with Gasteiger partial charge in [0.25, 0.3) is 17.5 Å². The number of carbonyl (C=O) groups is 2. The molecule has 2 amide bonds. The van der Waals surface area contributed by atoms with Gasteiger partial charge in [0, 0.05) is 23.3 Å². The van der Waals surface area contributed by atoms with E-state index >= 15 is 0 Å². The molecular weight excluding hydrogens is 322 g/mol. The molecule has 2 aromatic rings. The van der Waals surface area contributed by atoms with Crippen LogP contribution in [0.2, 0.25) is 0 Å². The summed E-state index contributed by atoms with van der Waals surface area (Å²) in [6, 6.07) is 12.3. The average molecular weight is 341 g/mol. The lowest BCUT2D eigenvalue weighted by atomic mass is 9.87. The molecule has 0 unspecified atom stereocenters. The van der Waals surface area contributed by atoms with Gasteiger partial charge < -0.3 is 0 Å². The third-order valence-corrected chi connectivity index (χ3v) is 3.62. The van der Waals surface area contributed by atoms with Crippen LogP contribution in [0.15, 0.2) is 48.5 Å². The number of nitro groups is 1. The molecule has 0 spiro atoms. The van der Waals surface area contributed by atoms with Crippen molar-refractivity contribution in [3.8, 4) is 0 Å². The second kappa shape index (κ2) is 7.12. The maximum absolute atomic E-state index is 12.1. The van der Waals surface area contributed by atoms with Crippen molar-refractivity contribution < 1.29 is 14.5 Å². The Balaban J connectivity index is 2.01. The van der Waals surface area contributed by atoms with Crippen molar-refractivity contribution in [2.24, 2.45) is 0 Å². The summed E-state index contributed by atoms with van der Waals surface area (Å²) in [5.41, 5.74) is 5.89. The van der Waals surface area contributed by atoms with Gasteiger partial charge in [-0.3, -0.25) is 30.6 Å². The first-order chi connectivity index (χ1) is 11.7. The number of hydrazine groups is 1. The van der Waals surface area contributed by atoms with Crippen molar-refractivity contribution in [2.45, 2.75) is 26.2 Å². The smallest absolute Gasteiger partial charge is 0.267 e. The lowest BCUT2D eigenvalue weighted by Gasteiger charge is -2.19. The fourth-order valence-corrected chi connectivity index (χ4v) is 2.14. The van der Waals surface area contributed by atoms with Gasteiger partial charge in [-0.1, -0.05) is 39.0 Å². The predicted molar refractivity (Wildman–Crippen MR) is 93.2 cm³/mol. The van der Waals surface area contributed by atoms with E-state index in [0.29, 0.717) is 5.56 Å². The van der Waals surface area contributed by atoms with E-state index in [1.54, 1.807) is 12.1 Å². The number of carbonyl (C=O) groups excluding carboxylic acids is 2. The van der Waals surface area contributed by atoms with Gasteiger partial charge in [0.15, 0.2) is 0 Å². The van der Waals surface area contributed by atoms with Gasteiger partial charge in [0.2, 0.25) is 0 Å². The number of nitrogens with one attached hydrogen (secondary N) is 2. The van der Waals surface area contributed by atoms with Crippen LogP contribution in [0.3, 0.4) is 0 Å². The van der Waals surface area contributed by atoms with Crippen LogP contribution in [-0.4, -0.2) is 16.7 Å². The second-order valence-corrected chi connectivity index (χ2v) is 6.54. The molecule has 2 N–H and O–H groups in total. The SMILES string of the molecule is CC(C)(C)c1ccc(C(=O)NNC(=O)c2cccc([N+](=O)[O-])c2)cc1. The van der Waals surface area contributed by atoms with Gasteiger partial charge in [-0.15, -0.1) is 0 Å². The molecule has 0 saturated carbocycles. The maximum Gasteiger partial charge on any atom is 0.270 e. The normalized spacial score (nSPS) is 10.8. The van der Waals surface area contributed by atoms with E-state index < -0.39 is 16.7 Å². The van der Waals surface area contributed by atoms with Crippen molar-refractivity contribution in [3.05, 3.63) is 75.3 Å². The number of rotatable bonds is 3. The quantitative estimate of drug-likeness (QED) is 0.662. The fraction of sp³-hybridized carbons (Fsp3) is 0.222. The molecule has 0 aliphatic rings. The minimum atomic E-state index is -0.636. The third kappa shape index (κ3) is 4.63. The Morgan fingerprint density at radius 3 is 2.00 bits per heavy atom. The van der Waals surface area contributed by atoms with Crippen LogP contribution in [0.4, 0.5) is 5.69 Å². The molecule has 2 rings (SSSR count). The van der Waals surface area contributed by atoms with Crippen molar-refractivity contribution >= 4 is 17.5 Å². The number of nitrogens with zero attached hydrogens (tertiary/aromatic N) is 1. The Labute approximate surface area is 145 Å². The lowest BCUT2D eigenvalue weighted by molar-refractivity contribution is -0.384. The first kappa shape index (κ1) is 18.1. The molecule has 2 aromatic carbocycles. The highest BCUT2D eigenvalue weighted by atomic mass is 16.6. The highest BCUT2D eigenvalue weighted by Crippen LogP contribution is 2.22. The molecule has 0 saturated heterocycles. The van der Waals surface area contributed by atoms with Crippen LogP contribution >= 0.6 is 0 Å². The topological polar surface area (TPSA) is 101 Å². The molecule has 0 aliphatic carbocycles. The van der Waals surface area contributed by atoms with Gasteiger partial charge >= 0.3 is 0 Å². The van der Waals surface area contributed by atoms with E-state index in [9.17, 15) is 19.7 Å². The molecule has 0 fully saturated rings. The number of hydrogen-bond acceptors (Lipinski definition) is 4. The molecular formula is C18H19N3O4. The predicted octanol–water partition coefficient (Wildman–Crippen LogP) is 2.97. The van der Waals surface area contributed by atoms with Gasteiger partial charge in [-0.25, -0.2) is 0 Å². The largest absolute Gasteiger partial charge is 0.270 e. The molecule has 0 aliphatic heterocycles. The molecule has 130 valence electrons. The maximum atomic E-state index is 12.1. The van der Waals surface area contributed by atoms with Crippen LogP contribution in [0.1, 0.15) is 47.1 Å². The van der Waals surface area contributed by atoms with E-state index in [0.717, 1.165) is 11.6 Å². The second-order valence-electron chi connectivity index (χ2n) is 6.54. The summed E-state index contributed by atoms with van der Waals surface area (Å²) >= 11 is 0. The number of benzene rings is 2. The minimum absolute atomic E-state index is 0.0226. The van der Waals surface area contributed by atoms with Gasteiger partial charge in [0.1, 0.15) is 0 Å². The number of amides is 2. The van der Waals surface area contributed by atoms with Crippen molar-refractivity contribution in [1.82, 2.24) is 10.9 Å². The molecule has 25 heavy (non-hydrogen) atoms. The van der Waals surface area contributed by atoms with E-state index in [4.69, 9.17) is 0 Å². The van der Waals surface area contributed by atoms with Gasteiger partial charge in [-0.05, 0) is 29.2 Å². The van der Waals surface area contributed by atoms with Crippen molar-refractivity contribution in [3.63, 3.8) is 0 Å². The fourth-order valence-electron chi connectivity index (χ4n) is 2.14. The van der Waals surface area contributed by atoms with Crippen molar-refractivity contribution in [1.29, 1.82) is 0 Å². The highest BCUT2D eigenvalue weighted by molar-refractivity contribution is 5.99. The van der Waals surface area contributed by atoms with E-state index in [-0.39, 0.29) is 16.7 Å². The summed E-state index contributed by atoms with van der Waals surface area (Å²) in [5, 5.41) is 10.7. The van der Waals surface area contributed by atoms with E-state index in [2.05, 4.69) is 31.6 Å². The summed E-state index contributed by atoms with van der Waals surface area (Å²) in [4.78, 5) is 34.2. The Hall–Kier alpha value is -3.22. The minimum Gasteiger partial charge on any atom is -0.267 e. The Morgan fingerprint density at radius 2 is 1.48 bits per heavy atom. The van der Waals surface area contributed by atoms with Crippen LogP contribution in [0.25, 0.3) is 0 Å². The zero-order valence-electron chi connectivity index (χ0n) is 14.2. The number of nitro benzene ring substituents is 1. The third-order valence-electron chi connectivity index (χ3n) is 3.62. The number of hydrogen-bond donors (Lipinski definition) is 2. The molecule has 0 heterocycles. The zero-order valence-corrected chi connectivity index (χ0v) is 14.2. The molecule has 7 nitrogen and oxygen atoms in total. The van der Waals surface area contributed by atoms with Crippen molar-refractivity contribution in [2.75, 3.05) is 0 Å². The van der Waals surface area contributed by atoms with E-state index in [1.807, 2.05) is 12.1 Å². The number of non-ortho nitro benzene ring substituents is 1. The Kier molecular flexibility index (Phi) is 5.17. The summed E-state index contributed by atoms with van der Waals surface area (Å²) in [6.07, 6.45) is 0. The standard InChI is InChI=1S/C18H19N3O4/c1-18(2,3)14-9-7-12(8-10-14)16(22)19-20-17(23)13-5-4-6-15(11-13)21(24)25/h4-11H,1-3H3,(H,19,22)(H,20,23). The Bertz CT molecular complexity index is 808. The molecule has 7 heteroatoms. The molecule has 0 aromatic heterocycles. The average Bonchev–Trinajstić information content (AvgIpc) is 2.58. The molecule has 0 radical (unpaired) electrons. The van der Waals surface area contributed by atoms with Crippen LogP contribution in [-0.2, 0) is 5.41 Å². The van der Waals surface area contributed by atoms with Gasteiger partial charge in [0.05, 0.1) is 4.92 Å².